The maximum Gasteiger partial charge on any atom is 0.322 e. The van der Waals surface area contributed by atoms with Crippen LogP contribution in [0.15, 0.2) is 6.07 Å². The fraction of sp³-hybridized carbons (Fsp3) is 0.562. The third-order valence-electron chi connectivity index (χ3n) is 4.16. The molecule has 0 aliphatic carbocycles. The number of anilines is 1. The minimum absolute atomic E-state index is 0.359. The molecule has 1 aromatic rings. The first-order valence-corrected chi connectivity index (χ1v) is 8.27. The highest BCUT2D eigenvalue weighted by Gasteiger charge is 2.22. The number of hydrogen-bond donors (Lipinski definition) is 1. The monoisotopic (exact) mass is 344 g/mol. The molecule has 22 heavy (non-hydrogen) atoms. The topological polar surface area (TPSA) is 55.6 Å². The van der Waals surface area contributed by atoms with Crippen molar-refractivity contribution in [1.29, 1.82) is 0 Å². The van der Waals surface area contributed by atoms with Gasteiger partial charge in [-0.05, 0) is 49.8 Å². The molecule has 1 unspecified atom stereocenters. The van der Waals surface area contributed by atoms with Crippen LogP contribution in [0.2, 0.25) is 10.0 Å². The average molecular weight is 345 g/mol. The molecule has 1 aliphatic heterocycles. The van der Waals surface area contributed by atoms with Gasteiger partial charge in [-0.25, -0.2) is 0 Å². The Morgan fingerprint density at radius 1 is 1.36 bits per heavy atom. The molecule has 1 aromatic carbocycles. The highest BCUT2D eigenvalue weighted by Crippen LogP contribution is 2.39. The lowest BCUT2D eigenvalue weighted by Crippen LogP contribution is -2.34. The quantitative estimate of drug-likeness (QED) is 0.851. The summed E-state index contributed by atoms with van der Waals surface area (Å²) in [5.74, 6) is -0.438. The molecular weight excluding hydrogens is 323 g/mol. The summed E-state index contributed by atoms with van der Waals surface area (Å²) in [5, 5.41) is 1.27. The SMILES string of the molecule is COC(=O)C(N)Cc1cc(Cl)c(N2CCCCC2)c(Cl)c1C. The molecule has 0 saturated carbocycles. The lowest BCUT2D eigenvalue weighted by atomic mass is 9.99. The summed E-state index contributed by atoms with van der Waals surface area (Å²) >= 11 is 13.0. The van der Waals surface area contributed by atoms with Crippen LogP contribution >= 0.6 is 23.2 Å². The smallest absolute Gasteiger partial charge is 0.322 e. The van der Waals surface area contributed by atoms with Crippen molar-refractivity contribution in [3.8, 4) is 0 Å². The number of carbonyl (C=O) groups is 1. The van der Waals surface area contributed by atoms with Crippen molar-refractivity contribution in [2.75, 3.05) is 25.1 Å². The van der Waals surface area contributed by atoms with Crippen LogP contribution in [0.5, 0.6) is 0 Å². The van der Waals surface area contributed by atoms with Crippen molar-refractivity contribution in [2.45, 2.75) is 38.6 Å². The first-order valence-electron chi connectivity index (χ1n) is 7.51. The van der Waals surface area contributed by atoms with Crippen LogP contribution < -0.4 is 10.6 Å². The van der Waals surface area contributed by atoms with Gasteiger partial charge in [0.2, 0.25) is 0 Å². The Balaban J connectivity index is 2.29. The molecule has 122 valence electrons. The summed E-state index contributed by atoms with van der Waals surface area (Å²) < 4.78 is 4.67. The Kier molecular flexibility index (Phi) is 5.95. The number of hydrogen-bond acceptors (Lipinski definition) is 4. The van der Waals surface area contributed by atoms with E-state index in [1.54, 1.807) is 0 Å². The predicted octanol–water partition coefficient (Wildman–Crippen LogP) is 3.33. The second-order valence-corrected chi connectivity index (χ2v) is 6.47. The summed E-state index contributed by atoms with van der Waals surface area (Å²) in [6.45, 7) is 3.88. The van der Waals surface area contributed by atoms with Crippen molar-refractivity contribution in [2.24, 2.45) is 5.73 Å². The third-order valence-corrected chi connectivity index (χ3v) is 4.91. The first-order chi connectivity index (χ1) is 10.5. The Hall–Kier alpha value is -0.970. The van der Waals surface area contributed by atoms with Crippen LogP contribution in [0.1, 0.15) is 30.4 Å². The lowest BCUT2D eigenvalue weighted by Gasteiger charge is -2.31. The molecule has 6 heteroatoms. The van der Waals surface area contributed by atoms with Gasteiger partial charge in [-0.2, -0.15) is 0 Å². The number of ether oxygens (including phenoxy) is 1. The van der Waals surface area contributed by atoms with E-state index in [1.807, 2.05) is 13.0 Å². The van der Waals surface area contributed by atoms with Gasteiger partial charge in [0.25, 0.3) is 0 Å². The number of benzene rings is 1. The van der Waals surface area contributed by atoms with Crippen LogP contribution in [0, 0.1) is 6.92 Å². The number of nitrogens with two attached hydrogens (primary N) is 1. The number of esters is 1. The molecule has 2 N–H and O–H groups in total. The van der Waals surface area contributed by atoms with E-state index in [9.17, 15) is 4.79 Å². The Morgan fingerprint density at radius 2 is 2.00 bits per heavy atom. The third kappa shape index (κ3) is 3.67. The first kappa shape index (κ1) is 17.4. The number of carbonyl (C=O) groups excluding carboxylic acids is 1. The van der Waals surface area contributed by atoms with E-state index in [1.165, 1.54) is 13.5 Å². The van der Waals surface area contributed by atoms with Crippen LogP contribution in [-0.2, 0) is 16.0 Å². The molecule has 2 rings (SSSR count). The normalized spacial score (nSPS) is 16.5. The van der Waals surface area contributed by atoms with Crippen LogP contribution in [0.25, 0.3) is 0 Å². The number of methoxy groups -OCH3 is 1. The summed E-state index contributed by atoms with van der Waals surface area (Å²) in [5.41, 5.74) is 8.54. The van der Waals surface area contributed by atoms with Crippen molar-refractivity contribution >= 4 is 34.9 Å². The van der Waals surface area contributed by atoms with E-state index >= 15 is 0 Å². The van der Waals surface area contributed by atoms with Gasteiger partial charge in [-0.1, -0.05) is 23.2 Å². The average Bonchev–Trinajstić information content (AvgIpc) is 2.52. The maximum absolute atomic E-state index is 11.5. The molecule has 0 bridgehead atoms. The van der Waals surface area contributed by atoms with E-state index in [-0.39, 0.29) is 0 Å². The second kappa shape index (κ2) is 7.53. The fourth-order valence-electron chi connectivity index (χ4n) is 2.84. The van der Waals surface area contributed by atoms with Gasteiger partial charge < -0.3 is 15.4 Å². The number of halogens is 2. The molecule has 1 atom stereocenters. The predicted molar refractivity (Wildman–Crippen MR) is 91.0 cm³/mol. The molecule has 1 aliphatic rings. The molecule has 1 fully saturated rings. The van der Waals surface area contributed by atoms with Gasteiger partial charge in [-0.3, -0.25) is 4.79 Å². The minimum Gasteiger partial charge on any atom is -0.468 e. The van der Waals surface area contributed by atoms with Gasteiger partial charge in [-0.15, -0.1) is 0 Å². The van der Waals surface area contributed by atoms with Gasteiger partial charge in [0.1, 0.15) is 6.04 Å². The van der Waals surface area contributed by atoms with Crippen LogP contribution in [-0.4, -0.2) is 32.2 Å². The molecule has 0 spiro atoms. The van der Waals surface area contributed by atoms with Gasteiger partial charge in [0.05, 0.1) is 22.8 Å². The largest absolute Gasteiger partial charge is 0.468 e. The van der Waals surface area contributed by atoms with Crippen LogP contribution in [0.3, 0.4) is 0 Å². The molecule has 0 aromatic heterocycles. The van der Waals surface area contributed by atoms with Gasteiger partial charge in [0.15, 0.2) is 0 Å². The molecule has 1 saturated heterocycles. The van der Waals surface area contributed by atoms with Crippen LogP contribution in [0.4, 0.5) is 5.69 Å². The van der Waals surface area contributed by atoms with E-state index in [0.29, 0.717) is 16.5 Å². The van der Waals surface area contributed by atoms with E-state index in [2.05, 4.69) is 9.64 Å². The van der Waals surface area contributed by atoms with Gasteiger partial charge >= 0.3 is 5.97 Å². The van der Waals surface area contributed by atoms with Crippen molar-refractivity contribution in [3.05, 3.63) is 27.2 Å². The lowest BCUT2D eigenvalue weighted by molar-refractivity contribution is -0.142. The highest BCUT2D eigenvalue weighted by atomic mass is 35.5. The zero-order valence-corrected chi connectivity index (χ0v) is 14.5. The van der Waals surface area contributed by atoms with E-state index in [0.717, 1.165) is 42.7 Å². The Labute approximate surface area is 141 Å². The molecule has 0 radical (unpaired) electrons. The second-order valence-electron chi connectivity index (χ2n) is 5.69. The Morgan fingerprint density at radius 3 is 2.59 bits per heavy atom. The standard InChI is InChI=1S/C16H22Cl2N2O2/c1-10-11(9-13(19)16(21)22-2)8-12(17)15(14(10)18)20-6-4-3-5-7-20/h8,13H,3-7,9,19H2,1-2H3. The summed E-state index contributed by atoms with van der Waals surface area (Å²) in [4.78, 5) is 13.7. The number of piperidine rings is 1. The summed E-state index contributed by atoms with van der Waals surface area (Å²) in [6.07, 6.45) is 3.91. The number of rotatable bonds is 4. The minimum atomic E-state index is -0.711. The van der Waals surface area contributed by atoms with E-state index in [4.69, 9.17) is 28.9 Å². The molecule has 1 heterocycles. The van der Waals surface area contributed by atoms with Crippen molar-refractivity contribution in [3.63, 3.8) is 0 Å². The summed E-state index contributed by atoms with van der Waals surface area (Å²) in [6, 6.07) is 1.16. The van der Waals surface area contributed by atoms with Crippen molar-refractivity contribution in [1.82, 2.24) is 0 Å². The molecule has 0 amide bonds. The number of nitrogens with zero attached hydrogens (tertiary/aromatic N) is 1. The zero-order valence-electron chi connectivity index (χ0n) is 13.0. The van der Waals surface area contributed by atoms with Crippen molar-refractivity contribution < 1.29 is 9.53 Å². The van der Waals surface area contributed by atoms with Gasteiger partial charge in [0, 0.05) is 13.1 Å². The fourth-order valence-corrected chi connectivity index (χ4v) is 3.58. The maximum atomic E-state index is 11.5. The Bertz CT molecular complexity index is 558. The molecular formula is C16H22Cl2N2O2. The molecule has 4 nitrogen and oxygen atoms in total. The highest BCUT2D eigenvalue weighted by molar-refractivity contribution is 6.39. The van der Waals surface area contributed by atoms with E-state index < -0.39 is 12.0 Å². The summed E-state index contributed by atoms with van der Waals surface area (Å²) in [7, 11) is 1.33. The zero-order chi connectivity index (χ0) is 16.3.